The lowest BCUT2D eigenvalue weighted by Gasteiger charge is -2.14. The second kappa shape index (κ2) is 6.99. The van der Waals surface area contributed by atoms with Crippen LogP contribution in [0.4, 0.5) is 0 Å². The molecule has 1 amide bonds. The van der Waals surface area contributed by atoms with E-state index in [0.29, 0.717) is 23.0 Å². The lowest BCUT2D eigenvalue weighted by atomic mass is 10.1. The largest absolute Gasteiger partial charge is 0.351 e. The normalized spacial score (nSPS) is 12.3. The van der Waals surface area contributed by atoms with Crippen molar-refractivity contribution in [2.45, 2.75) is 25.9 Å². The van der Waals surface area contributed by atoms with Gasteiger partial charge in [-0.2, -0.15) is 5.10 Å². The minimum absolute atomic E-state index is 0.0831. The van der Waals surface area contributed by atoms with Crippen LogP contribution in [0.2, 0.25) is 0 Å². The van der Waals surface area contributed by atoms with E-state index in [2.05, 4.69) is 25.8 Å². The molecule has 4 aromatic rings. The first kappa shape index (κ1) is 16.9. The van der Waals surface area contributed by atoms with E-state index in [1.807, 2.05) is 37.3 Å². The molecule has 0 fully saturated rings. The number of para-hydroxylation sites is 1. The Morgan fingerprint density at radius 3 is 2.74 bits per heavy atom. The van der Waals surface area contributed by atoms with Crippen LogP contribution in [0.1, 0.15) is 12.6 Å². The summed E-state index contributed by atoms with van der Waals surface area (Å²) in [4.78, 5) is 24.3. The van der Waals surface area contributed by atoms with Gasteiger partial charge >= 0.3 is 0 Å². The van der Waals surface area contributed by atoms with Gasteiger partial charge in [-0.1, -0.05) is 35.5 Å². The Kier molecular flexibility index (Phi) is 4.37. The Morgan fingerprint density at radius 1 is 1.15 bits per heavy atom. The number of fused-ring (bicyclic) bond motifs is 2. The minimum atomic E-state index is -0.263. The number of amides is 1. The van der Waals surface area contributed by atoms with E-state index in [-0.39, 0.29) is 23.9 Å². The van der Waals surface area contributed by atoms with Crippen molar-refractivity contribution in [2.75, 3.05) is 0 Å². The van der Waals surface area contributed by atoms with Crippen LogP contribution in [0.15, 0.2) is 53.3 Å². The number of carbonyl (C=O) groups excluding carboxylic acids is 1. The van der Waals surface area contributed by atoms with Gasteiger partial charge in [-0.15, -0.1) is 5.10 Å². The van der Waals surface area contributed by atoms with Crippen molar-refractivity contribution >= 4 is 27.7 Å². The number of aromatic amines is 1. The molecule has 0 aliphatic heterocycles. The number of carbonyl (C=O) groups is 1. The minimum Gasteiger partial charge on any atom is -0.351 e. The lowest BCUT2D eigenvalue weighted by Crippen LogP contribution is -2.37. The maximum atomic E-state index is 12.5. The lowest BCUT2D eigenvalue weighted by molar-refractivity contribution is -0.121. The zero-order valence-electron chi connectivity index (χ0n) is 14.7. The maximum absolute atomic E-state index is 12.5. The highest BCUT2D eigenvalue weighted by atomic mass is 16.1. The Bertz CT molecular complexity index is 1180. The summed E-state index contributed by atoms with van der Waals surface area (Å²) >= 11 is 0. The van der Waals surface area contributed by atoms with Gasteiger partial charge in [0.15, 0.2) is 0 Å². The molecule has 0 bridgehead atoms. The summed E-state index contributed by atoms with van der Waals surface area (Å²) in [6.45, 7) is 2.42. The first-order valence-corrected chi connectivity index (χ1v) is 8.65. The summed E-state index contributed by atoms with van der Waals surface area (Å²) in [6, 6.07) is 14.7. The van der Waals surface area contributed by atoms with Crippen molar-refractivity contribution in [3.63, 3.8) is 0 Å². The van der Waals surface area contributed by atoms with Crippen molar-refractivity contribution in [1.82, 2.24) is 30.5 Å². The summed E-state index contributed by atoms with van der Waals surface area (Å²) in [5.41, 5.74) is 2.02. The van der Waals surface area contributed by atoms with E-state index in [9.17, 15) is 9.59 Å². The molecule has 0 saturated heterocycles. The number of H-pyrrole nitrogens is 1. The molecule has 2 heterocycles. The average Bonchev–Trinajstić information content (AvgIpc) is 3.07. The van der Waals surface area contributed by atoms with Crippen molar-refractivity contribution in [3.05, 3.63) is 64.6 Å². The molecule has 136 valence electrons. The molecule has 8 heteroatoms. The van der Waals surface area contributed by atoms with Crippen LogP contribution >= 0.6 is 0 Å². The summed E-state index contributed by atoms with van der Waals surface area (Å²) in [7, 11) is 0. The Labute approximate surface area is 154 Å². The number of hydrogen-bond acceptors (Lipinski definition) is 5. The van der Waals surface area contributed by atoms with Crippen molar-refractivity contribution in [1.29, 1.82) is 0 Å². The number of nitrogens with one attached hydrogen (secondary N) is 2. The molecule has 0 saturated carbocycles. The van der Waals surface area contributed by atoms with Crippen LogP contribution in [0.3, 0.4) is 0 Å². The van der Waals surface area contributed by atoms with E-state index in [1.54, 1.807) is 22.9 Å². The molecule has 2 aromatic heterocycles. The summed E-state index contributed by atoms with van der Waals surface area (Å²) in [5, 5.41) is 18.9. The molecule has 0 aliphatic carbocycles. The molecule has 8 nitrogen and oxygen atoms in total. The number of rotatable bonds is 5. The van der Waals surface area contributed by atoms with Gasteiger partial charge in [0.25, 0.3) is 5.56 Å². The molecule has 2 aromatic carbocycles. The molecule has 0 aliphatic rings. The highest BCUT2D eigenvalue weighted by Crippen LogP contribution is 2.13. The molecule has 0 radical (unpaired) electrons. The van der Waals surface area contributed by atoms with Crippen LogP contribution in [-0.2, 0) is 17.8 Å². The fourth-order valence-corrected chi connectivity index (χ4v) is 3.14. The zero-order chi connectivity index (χ0) is 18.8. The van der Waals surface area contributed by atoms with Crippen LogP contribution in [-0.4, -0.2) is 37.1 Å². The van der Waals surface area contributed by atoms with Crippen LogP contribution < -0.4 is 10.9 Å². The summed E-state index contributed by atoms with van der Waals surface area (Å²) < 4.78 is 1.77. The van der Waals surface area contributed by atoms with Gasteiger partial charge in [0, 0.05) is 11.4 Å². The molecular formula is C19H18N6O2. The van der Waals surface area contributed by atoms with E-state index in [4.69, 9.17) is 0 Å². The van der Waals surface area contributed by atoms with Gasteiger partial charge in [0.05, 0.1) is 29.6 Å². The van der Waals surface area contributed by atoms with Gasteiger partial charge in [-0.05, 0) is 25.1 Å². The standard InChI is InChI=1S/C19H18N6O2/c1-12(11-25-17-9-5-4-8-15(17)22-24-25)20-18(26)10-16-13-6-2-3-7-14(13)19(27)23-21-16/h2-9,12H,10-11H2,1H3,(H,20,26)(H,23,27)/t12-/m1/s1. The first-order chi connectivity index (χ1) is 13.1. The van der Waals surface area contributed by atoms with Gasteiger partial charge in [-0.3, -0.25) is 9.59 Å². The average molecular weight is 362 g/mol. The van der Waals surface area contributed by atoms with Crippen molar-refractivity contribution in [2.24, 2.45) is 0 Å². The van der Waals surface area contributed by atoms with E-state index >= 15 is 0 Å². The maximum Gasteiger partial charge on any atom is 0.272 e. The highest BCUT2D eigenvalue weighted by Gasteiger charge is 2.14. The number of benzene rings is 2. The SMILES string of the molecule is C[C@H](Cn1nnc2ccccc21)NC(=O)Cc1n[nH]c(=O)c2ccccc12. The van der Waals surface area contributed by atoms with Gasteiger partial charge < -0.3 is 5.32 Å². The highest BCUT2D eigenvalue weighted by molar-refractivity contribution is 5.88. The summed E-state index contributed by atoms with van der Waals surface area (Å²) in [5.74, 6) is -0.170. The van der Waals surface area contributed by atoms with Crippen LogP contribution in [0, 0.1) is 0 Å². The predicted molar refractivity (Wildman–Crippen MR) is 101 cm³/mol. The van der Waals surface area contributed by atoms with E-state index in [0.717, 1.165) is 11.0 Å². The van der Waals surface area contributed by atoms with E-state index in [1.165, 1.54) is 0 Å². The number of hydrogen-bond donors (Lipinski definition) is 2. The monoisotopic (exact) mass is 362 g/mol. The molecular weight excluding hydrogens is 344 g/mol. The van der Waals surface area contributed by atoms with Crippen molar-refractivity contribution < 1.29 is 4.79 Å². The Morgan fingerprint density at radius 2 is 1.89 bits per heavy atom. The third-order valence-corrected chi connectivity index (χ3v) is 4.38. The van der Waals surface area contributed by atoms with Crippen LogP contribution in [0.5, 0.6) is 0 Å². The second-order valence-corrected chi connectivity index (χ2v) is 6.45. The molecule has 0 unspecified atom stereocenters. The Balaban J connectivity index is 1.47. The van der Waals surface area contributed by atoms with Crippen molar-refractivity contribution in [3.8, 4) is 0 Å². The van der Waals surface area contributed by atoms with Crippen LogP contribution in [0.25, 0.3) is 21.8 Å². The molecule has 4 rings (SSSR count). The summed E-state index contributed by atoms with van der Waals surface area (Å²) in [6.07, 6.45) is 0.0831. The third-order valence-electron chi connectivity index (χ3n) is 4.38. The number of nitrogens with zero attached hydrogens (tertiary/aromatic N) is 4. The quantitative estimate of drug-likeness (QED) is 0.558. The first-order valence-electron chi connectivity index (χ1n) is 8.65. The zero-order valence-corrected chi connectivity index (χ0v) is 14.7. The van der Waals surface area contributed by atoms with Gasteiger partial charge in [-0.25, -0.2) is 9.78 Å². The smallest absolute Gasteiger partial charge is 0.272 e. The molecule has 27 heavy (non-hydrogen) atoms. The molecule has 0 spiro atoms. The number of aromatic nitrogens is 5. The molecule has 1 atom stereocenters. The molecule has 2 N–H and O–H groups in total. The fourth-order valence-electron chi connectivity index (χ4n) is 3.14. The Hall–Kier alpha value is -3.55. The van der Waals surface area contributed by atoms with E-state index < -0.39 is 0 Å². The third kappa shape index (κ3) is 3.41. The van der Waals surface area contributed by atoms with Gasteiger partial charge in [0.1, 0.15) is 5.52 Å². The van der Waals surface area contributed by atoms with Gasteiger partial charge in [0.2, 0.25) is 5.91 Å². The topological polar surface area (TPSA) is 106 Å². The second-order valence-electron chi connectivity index (χ2n) is 6.45. The predicted octanol–water partition coefficient (Wildman–Crippen LogP) is 1.42. The fraction of sp³-hybridized carbons (Fsp3) is 0.211.